The summed E-state index contributed by atoms with van der Waals surface area (Å²) in [5.41, 5.74) is -0.240. The van der Waals surface area contributed by atoms with Crippen molar-refractivity contribution in [3.63, 3.8) is 0 Å². The van der Waals surface area contributed by atoms with E-state index in [2.05, 4.69) is 20.9 Å². The maximum Gasteiger partial charge on any atom is 0.162 e. The Morgan fingerprint density at radius 3 is 2.95 bits per heavy atom. The van der Waals surface area contributed by atoms with E-state index >= 15 is 0 Å². The van der Waals surface area contributed by atoms with Crippen LogP contribution in [0.5, 0.6) is 0 Å². The summed E-state index contributed by atoms with van der Waals surface area (Å²) in [5.74, 6) is 1.39. The van der Waals surface area contributed by atoms with E-state index in [-0.39, 0.29) is 5.44 Å². The van der Waals surface area contributed by atoms with Crippen LogP contribution in [0.3, 0.4) is 0 Å². The second kappa shape index (κ2) is 5.67. The Morgan fingerprint density at radius 1 is 1.42 bits per heavy atom. The predicted molar refractivity (Wildman–Crippen MR) is 81.2 cm³/mol. The second-order valence-electron chi connectivity index (χ2n) is 5.53. The molecule has 1 N–H and O–H groups in total. The second-order valence-corrected chi connectivity index (χ2v) is 7.70. The third-order valence-electron chi connectivity index (χ3n) is 4.14. The van der Waals surface area contributed by atoms with Crippen molar-refractivity contribution in [1.82, 2.24) is 8.96 Å². The van der Waals surface area contributed by atoms with Crippen molar-refractivity contribution >= 4 is 21.9 Å². The molecule has 1 aromatic rings. The monoisotopic (exact) mass is 281 g/mol. The lowest BCUT2D eigenvalue weighted by molar-refractivity contribution is 0.158. The van der Waals surface area contributed by atoms with E-state index in [4.69, 9.17) is 0 Å². The summed E-state index contributed by atoms with van der Waals surface area (Å²) in [6, 6.07) is 0. The molecule has 0 amide bonds. The Kier molecular flexibility index (Phi) is 3.93. The molecule has 1 saturated carbocycles. The molecule has 19 heavy (non-hydrogen) atoms. The number of imidazole rings is 1. The van der Waals surface area contributed by atoms with Crippen molar-refractivity contribution in [2.24, 2.45) is 10.9 Å². The number of aliphatic hydroxyl groups is 1. The number of thiol groups is 1. The van der Waals surface area contributed by atoms with Gasteiger partial charge in [0.2, 0.25) is 0 Å². The highest BCUT2D eigenvalue weighted by Gasteiger charge is 2.33. The first-order valence-electron chi connectivity index (χ1n) is 7.38. The SMILES string of the molecule is CCCC1=Nc2cncn2[SH]1C(O)C1CCCCC1. The van der Waals surface area contributed by atoms with Crippen molar-refractivity contribution in [1.29, 1.82) is 0 Å². The zero-order valence-corrected chi connectivity index (χ0v) is 12.4. The zero-order valence-electron chi connectivity index (χ0n) is 11.5. The van der Waals surface area contributed by atoms with Crippen molar-refractivity contribution < 1.29 is 5.11 Å². The molecule has 0 radical (unpaired) electrons. The molecule has 0 bridgehead atoms. The Labute approximate surface area is 117 Å². The molecule has 2 aliphatic rings. The van der Waals surface area contributed by atoms with E-state index in [0.717, 1.165) is 18.7 Å². The molecule has 0 saturated heterocycles. The van der Waals surface area contributed by atoms with Crippen LogP contribution in [0.15, 0.2) is 17.5 Å². The zero-order chi connectivity index (χ0) is 13.2. The van der Waals surface area contributed by atoms with Crippen LogP contribution in [-0.2, 0) is 0 Å². The van der Waals surface area contributed by atoms with Crippen LogP contribution in [0.1, 0.15) is 51.9 Å². The molecular formula is C14H23N3OS. The molecule has 2 unspecified atom stereocenters. The van der Waals surface area contributed by atoms with Crippen LogP contribution >= 0.6 is 11.1 Å². The molecule has 5 heteroatoms. The average Bonchev–Trinajstić information content (AvgIpc) is 3.00. The minimum atomic E-state index is -0.718. The number of aliphatic hydroxyl groups excluding tert-OH is 1. The van der Waals surface area contributed by atoms with Gasteiger partial charge >= 0.3 is 0 Å². The molecule has 106 valence electrons. The van der Waals surface area contributed by atoms with Crippen LogP contribution in [-0.4, -0.2) is 24.5 Å². The van der Waals surface area contributed by atoms with Gasteiger partial charge in [-0.05, 0) is 25.2 Å². The highest BCUT2D eigenvalue weighted by molar-refractivity contribution is 8.29. The largest absolute Gasteiger partial charge is 0.382 e. The molecule has 1 aliphatic heterocycles. The molecule has 1 aliphatic carbocycles. The number of hydrogen-bond donors (Lipinski definition) is 2. The number of aromatic nitrogens is 2. The Bertz CT molecular complexity index is 465. The normalized spacial score (nSPS) is 27.1. The fourth-order valence-corrected chi connectivity index (χ4v) is 5.79. The summed E-state index contributed by atoms with van der Waals surface area (Å²) in [7, 11) is 0. The molecule has 2 atom stereocenters. The lowest BCUT2D eigenvalue weighted by Gasteiger charge is -2.34. The lowest BCUT2D eigenvalue weighted by Crippen LogP contribution is -2.27. The third kappa shape index (κ3) is 2.46. The first-order valence-corrected chi connectivity index (χ1v) is 8.75. The van der Waals surface area contributed by atoms with E-state index < -0.39 is 11.1 Å². The summed E-state index contributed by atoms with van der Waals surface area (Å²) < 4.78 is 2.12. The number of aliphatic imine (C=N–C) groups is 1. The molecule has 4 nitrogen and oxygen atoms in total. The maximum atomic E-state index is 10.8. The van der Waals surface area contributed by atoms with Crippen LogP contribution in [0.25, 0.3) is 0 Å². The van der Waals surface area contributed by atoms with Gasteiger partial charge in [-0.25, -0.2) is 9.98 Å². The first-order chi connectivity index (χ1) is 9.31. The number of nitrogens with zero attached hydrogens (tertiary/aromatic N) is 3. The average molecular weight is 281 g/mol. The standard InChI is InChI=1S/C14H23N3OS/c1-2-6-13-16-12-9-15-10-17(12)19(13)14(18)11-7-4-3-5-8-11/h9-11,14,18-19H,2-8H2,1H3. The van der Waals surface area contributed by atoms with E-state index in [9.17, 15) is 5.11 Å². The fourth-order valence-electron chi connectivity index (χ4n) is 3.14. The van der Waals surface area contributed by atoms with Crippen LogP contribution in [0.2, 0.25) is 0 Å². The number of fused-ring (bicyclic) bond motifs is 1. The van der Waals surface area contributed by atoms with Gasteiger partial charge in [0.05, 0.1) is 11.2 Å². The minimum absolute atomic E-state index is 0.240. The van der Waals surface area contributed by atoms with Crippen LogP contribution < -0.4 is 0 Å². The van der Waals surface area contributed by atoms with E-state index in [0.29, 0.717) is 5.92 Å². The lowest BCUT2D eigenvalue weighted by atomic mass is 9.90. The van der Waals surface area contributed by atoms with E-state index in [1.54, 1.807) is 0 Å². The van der Waals surface area contributed by atoms with Gasteiger partial charge in [-0.3, -0.25) is 3.97 Å². The predicted octanol–water partition coefficient (Wildman–Crippen LogP) is 3.39. The summed E-state index contributed by atoms with van der Waals surface area (Å²) in [5, 5.41) is 12.0. The topological polar surface area (TPSA) is 50.4 Å². The first kappa shape index (κ1) is 13.2. The Morgan fingerprint density at radius 2 is 2.21 bits per heavy atom. The van der Waals surface area contributed by atoms with Gasteiger partial charge in [-0.1, -0.05) is 32.6 Å². The maximum absolute atomic E-state index is 10.8. The summed E-state index contributed by atoms with van der Waals surface area (Å²) >= 11 is -0.718. The van der Waals surface area contributed by atoms with Crippen molar-refractivity contribution in [2.75, 3.05) is 0 Å². The number of rotatable bonds is 4. The van der Waals surface area contributed by atoms with Gasteiger partial charge in [-0.15, -0.1) is 11.1 Å². The van der Waals surface area contributed by atoms with Gasteiger partial charge in [-0.2, -0.15) is 0 Å². The summed E-state index contributed by atoms with van der Waals surface area (Å²) in [4.78, 5) is 8.86. The Balaban J connectivity index is 1.82. The summed E-state index contributed by atoms with van der Waals surface area (Å²) in [6.45, 7) is 2.18. The van der Waals surface area contributed by atoms with Gasteiger partial charge in [0.1, 0.15) is 11.8 Å². The van der Waals surface area contributed by atoms with Gasteiger partial charge in [0, 0.05) is 0 Å². The molecule has 1 aromatic heterocycles. The molecule has 0 aromatic carbocycles. The Hall–Kier alpha value is -0.810. The molecule has 1 fully saturated rings. The van der Waals surface area contributed by atoms with Gasteiger partial charge in [0.25, 0.3) is 0 Å². The molecule has 2 heterocycles. The van der Waals surface area contributed by atoms with Gasteiger partial charge in [0.15, 0.2) is 5.82 Å². The molecule has 3 rings (SSSR count). The highest BCUT2D eigenvalue weighted by Crippen LogP contribution is 2.49. The van der Waals surface area contributed by atoms with Crippen molar-refractivity contribution in [3.8, 4) is 0 Å². The minimum Gasteiger partial charge on any atom is -0.382 e. The fraction of sp³-hybridized carbons (Fsp3) is 0.714. The third-order valence-corrected chi connectivity index (χ3v) is 6.68. The highest BCUT2D eigenvalue weighted by atomic mass is 32.2. The van der Waals surface area contributed by atoms with Crippen LogP contribution in [0, 0.1) is 5.92 Å². The molecule has 0 spiro atoms. The quantitative estimate of drug-likeness (QED) is 0.831. The van der Waals surface area contributed by atoms with Crippen molar-refractivity contribution in [2.45, 2.75) is 57.3 Å². The van der Waals surface area contributed by atoms with Crippen LogP contribution in [0.4, 0.5) is 5.82 Å². The molecular weight excluding hydrogens is 258 g/mol. The summed E-state index contributed by atoms with van der Waals surface area (Å²) in [6.07, 6.45) is 11.9. The van der Waals surface area contributed by atoms with E-state index in [1.165, 1.54) is 37.1 Å². The number of hydrogen-bond acceptors (Lipinski definition) is 3. The van der Waals surface area contributed by atoms with Crippen molar-refractivity contribution in [3.05, 3.63) is 12.5 Å². The smallest absolute Gasteiger partial charge is 0.162 e. The van der Waals surface area contributed by atoms with Gasteiger partial charge < -0.3 is 5.11 Å². The van der Waals surface area contributed by atoms with E-state index in [1.807, 2.05) is 12.5 Å².